The molecule has 0 aliphatic heterocycles. The van der Waals surface area contributed by atoms with Gasteiger partial charge in [0.2, 0.25) is 11.9 Å². The summed E-state index contributed by atoms with van der Waals surface area (Å²) in [4.78, 5) is 29.0. The molecule has 0 unspecified atom stereocenters. The summed E-state index contributed by atoms with van der Waals surface area (Å²) in [7, 11) is 1.57. The monoisotopic (exact) mass is 371 g/mol. The summed E-state index contributed by atoms with van der Waals surface area (Å²) in [5.41, 5.74) is 0.724. The molecule has 0 fully saturated rings. The highest BCUT2D eigenvalue weighted by Crippen LogP contribution is 2.27. The molecule has 0 aliphatic rings. The topological polar surface area (TPSA) is 109 Å². The van der Waals surface area contributed by atoms with Gasteiger partial charge in [0, 0.05) is 0 Å². The number of aromatic amines is 1. The van der Waals surface area contributed by atoms with Crippen molar-refractivity contribution in [1.29, 1.82) is 0 Å². The minimum absolute atomic E-state index is 0.119. The first-order valence-corrected chi connectivity index (χ1v) is 8.67. The van der Waals surface area contributed by atoms with E-state index in [0.29, 0.717) is 16.5 Å². The molecule has 8 nitrogen and oxygen atoms in total. The second kappa shape index (κ2) is 7.79. The van der Waals surface area contributed by atoms with E-state index in [4.69, 9.17) is 4.74 Å². The molecule has 0 saturated carbocycles. The Morgan fingerprint density at radius 1 is 1.23 bits per heavy atom. The Labute approximate surface area is 153 Å². The van der Waals surface area contributed by atoms with Crippen molar-refractivity contribution in [2.75, 3.05) is 12.4 Å². The van der Waals surface area contributed by atoms with Crippen LogP contribution >= 0.6 is 11.3 Å². The minimum atomic E-state index is -0.738. The van der Waals surface area contributed by atoms with E-state index >= 15 is 0 Å². The molecule has 0 aliphatic carbocycles. The number of benzene rings is 1. The first kappa shape index (κ1) is 17.6. The lowest BCUT2D eigenvalue weighted by molar-refractivity contribution is -0.117. The molecule has 0 spiro atoms. The standard InChI is InChI=1S/C17H17N5O3S/c1-10(18-16(24)13-8-5-9-26-13)15(23)20-17-19-14(21-22-17)11-6-3-4-7-12(11)25-2/h3-10H,1-2H3,(H,18,24)(H2,19,20,21,22,23)/t10-/m0/s1. The molecule has 2 heterocycles. The largest absolute Gasteiger partial charge is 0.496 e. The van der Waals surface area contributed by atoms with Crippen molar-refractivity contribution in [2.45, 2.75) is 13.0 Å². The third kappa shape index (κ3) is 3.89. The molecule has 0 radical (unpaired) electrons. The van der Waals surface area contributed by atoms with Crippen molar-refractivity contribution in [3.05, 3.63) is 46.7 Å². The molecular formula is C17H17N5O3S. The normalized spacial score (nSPS) is 11.6. The Bertz CT molecular complexity index is 907. The van der Waals surface area contributed by atoms with Crippen LogP contribution in [0.2, 0.25) is 0 Å². The van der Waals surface area contributed by atoms with Crippen LogP contribution in [0.15, 0.2) is 41.8 Å². The number of anilines is 1. The van der Waals surface area contributed by atoms with E-state index < -0.39 is 11.9 Å². The summed E-state index contributed by atoms with van der Waals surface area (Å²) in [5, 5.41) is 13.8. The molecule has 134 valence electrons. The number of ether oxygens (including phenoxy) is 1. The number of para-hydroxylation sites is 1. The fourth-order valence-electron chi connectivity index (χ4n) is 2.24. The maximum atomic E-state index is 12.2. The lowest BCUT2D eigenvalue weighted by Crippen LogP contribution is -2.41. The molecular weight excluding hydrogens is 354 g/mol. The predicted octanol–water partition coefficient (Wildman–Crippen LogP) is 2.30. The number of hydrogen-bond acceptors (Lipinski definition) is 6. The van der Waals surface area contributed by atoms with Gasteiger partial charge < -0.3 is 10.1 Å². The minimum Gasteiger partial charge on any atom is -0.496 e. The van der Waals surface area contributed by atoms with E-state index in [2.05, 4.69) is 25.8 Å². The number of methoxy groups -OCH3 is 1. The zero-order valence-corrected chi connectivity index (χ0v) is 15.0. The summed E-state index contributed by atoms with van der Waals surface area (Å²) < 4.78 is 5.29. The van der Waals surface area contributed by atoms with Gasteiger partial charge in [-0.15, -0.1) is 16.4 Å². The summed E-state index contributed by atoms with van der Waals surface area (Å²) in [6, 6.07) is 10.1. The van der Waals surface area contributed by atoms with E-state index in [9.17, 15) is 9.59 Å². The molecule has 2 amide bonds. The molecule has 26 heavy (non-hydrogen) atoms. The van der Waals surface area contributed by atoms with Crippen LogP contribution < -0.4 is 15.4 Å². The van der Waals surface area contributed by atoms with Crippen LogP contribution in [-0.4, -0.2) is 40.1 Å². The first-order valence-electron chi connectivity index (χ1n) is 7.79. The Hall–Kier alpha value is -3.20. The average molecular weight is 371 g/mol. The Balaban J connectivity index is 1.65. The average Bonchev–Trinajstić information content (AvgIpc) is 3.33. The number of H-pyrrole nitrogens is 1. The van der Waals surface area contributed by atoms with Crippen LogP contribution in [0.1, 0.15) is 16.6 Å². The maximum absolute atomic E-state index is 12.2. The van der Waals surface area contributed by atoms with Crippen molar-refractivity contribution in [3.8, 4) is 17.1 Å². The first-order chi connectivity index (χ1) is 12.6. The van der Waals surface area contributed by atoms with Crippen molar-refractivity contribution < 1.29 is 14.3 Å². The number of nitrogens with one attached hydrogen (secondary N) is 3. The fourth-order valence-corrected chi connectivity index (χ4v) is 2.86. The Kier molecular flexibility index (Phi) is 5.28. The highest BCUT2D eigenvalue weighted by molar-refractivity contribution is 7.12. The van der Waals surface area contributed by atoms with Crippen LogP contribution in [0.4, 0.5) is 5.95 Å². The summed E-state index contributed by atoms with van der Waals surface area (Å²) >= 11 is 1.31. The molecule has 2 aromatic heterocycles. The van der Waals surface area contributed by atoms with Gasteiger partial charge in [-0.25, -0.2) is 0 Å². The Morgan fingerprint density at radius 3 is 2.77 bits per heavy atom. The van der Waals surface area contributed by atoms with E-state index in [1.54, 1.807) is 37.6 Å². The summed E-state index contributed by atoms with van der Waals surface area (Å²) in [5.74, 6) is 0.507. The number of thiophene rings is 1. The highest BCUT2D eigenvalue weighted by atomic mass is 32.1. The smallest absolute Gasteiger partial charge is 0.261 e. The SMILES string of the molecule is COc1ccccc1-c1nc(NC(=O)[C@H](C)NC(=O)c2cccs2)n[nH]1. The molecule has 3 aromatic rings. The number of rotatable bonds is 6. The molecule has 3 rings (SSSR count). The van der Waals surface area contributed by atoms with Crippen molar-refractivity contribution in [2.24, 2.45) is 0 Å². The van der Waals surface area contributed by atoms with Crippen molar-refractivity contribution in [3.63, 3.8) is 0 Å². The van der Waals surface area contributed by atoms with Crippen LogP contribution in [-0.2, 0) is 4.79 Å². The van der Waals surface area contributed by atoms with Crippen LogP contribution in [0.5, 0.6) is 5.75 Å². The van der Waals surface area contributed by atoms with Crippen molar-refractivity contribution in [1.82, 2.24) is 20.5 Å². The molecule has 1 atom stereocenters. The zero-order chi connectivity index (χ0) is 18.5. The van der Waals surface area contributed by atoms with Gasteiger partial charge in [0.05, 0.1) is 17.6 Å². The van der Waals surface area contributed by atoms with Crippen molar-refractivity contribution >= 4 is 29.1 Å². The second-order valence-corrected chi connectivity index (χ2v) is 6.32. The predicted molar refractivity (Wildman–Crippen MR) is 98.2 cm³/mol. The molecule has 0 bridgehead atoms. The zero-order valence-electron chi connectivity index (χ0n) is 14.1. The summed E-state index contributed by atoms with van der Waals surface area (Å²) in [6.07, 6.45) is 0. The number of nitrogens with zero attached hydrogens (tertiary/aromatic N) is 2. The third-order valence-electron chi connectivity index (χ3n) is 3.57. The van der Waals surface area contributed by atoms with Gasteiger partial charge in [0.15, 0.2) is 5.82 Å². The van der Waals surface area contributed by atoms with Gasteiger partial charge in [-0.1, -0.05) is 18.2 Å². The van der Waals surface area contributed by atoms with Gasteiger partial charge in [0.25, 0.3) is 5.91 Å². The number of carbonyl (C=O) groups is 2. The van der Waals surface area contributed by atoms with Gasteiger partial charge in [0.1, 0.15) is 11.8 Å². The van der Waals surface area contributed by atoms with Gasteiger partial charge in [-0.05, 0) is 30.5 Å². The molecule has 1 aromatic carbocycles. The molecule has 3 N–H and O–H groups in total. The third-order valence-corrected chi connectivity index (χ3v) is 4.44. The lowest BCUT2D eigenvalue weighted by atomic mass is 10.2. The number of hydrogen-bond donors (Lipinski definition) is 3. The van der Waals surface area contributed by atoms with E-state index in [-0.39, 0.29) is 11.9 Å². The quantitative estimate of drug-likeness (QED) is 0.616. The Morgan fingerprint density at radius 2 is 2.04 bits per heavy atom. The van der Waals surface area contributed by atoms with Gasteiger partial charge in [-0.2, -0.15) is 4.98 Å². The fraction of sp³-hybridized carbons (Fsp3) is 0.176. The van der Waals surface area contributed by atoms with E-state index in [1.807, 2.05) is 18.2 Å². The van der Waals surface area contributed by atoms with Gasteiger partial charge >= 0.3 is 0 Å². The number of amides is 2. The maximum Gasteiger partial charge on any atom is 0.261 e. The summed E-state index contributed by atoms with van der Waals surface area (Å²) in [6.45, 7) is 1.59. The van der Waals surface area contributed by atoms with E-state index in [0.717, 1.165) is 5.56 Å². The highest BCUT2D eigenvalue weighted by Gasteiger charge is 2.19. The lowest BCUT2D eigenvalue weighted by Gasteiger charge is -2.11. The van der Waals surface area contributed by atoms with Crippen LogP contribution in [0, 0.1) is 0 Å². The second-order valence-electron chi connectivity index (χ2n) is 5.37. The number of aromatic nitrogens is 3. The van der Waals surface area contributed by atoms with Gasteiger partial charge in [-0.3, -0.25) is 20.0 Å². The van der Waals surface area contributed by atoms with Crippen LogP contribution in [0.25, 0.3) is 11.4 Å². The van der Waals surface area contributed by atoms with Crippen LogP contribution in [0.3, 0.4) is 0 Å². The number of carbonyl (C=O) groups excluding carboxylic acids is 2. The molecule has 9 heteroatoms. The van der Waals surface area contributed by atoms with E-state index in [1.165, 1.54) is 11.3 Å². The molecule has 0 saturated heterocycles.